The molecule has 0 saturated carbocycles. The average molecular weight is 357 g/mol. The topological polar surface area (TPSA) is 65.4 Å². The number of rotatable bonds is 7. The summed E-state index contributed by atoms with van der Waals surface area (Å²) in [6, 6.07) is 8.48. The highest BCUT2D eigenvalue weighted by atomic mass is 19.4. The van der Waals surface area contributed by atoms with Gasteiger partial charge < -0.3 is 14.8 Å². The van der Waals surface area contributed by atoms with Crippen LogP contribution in [-0.2, 0) is 4.74 Å². The first-order valence-corrected chi connectivity index (χ1v) is 7.44. The average Bonchev–Trinajstić information content (AvgIpc) is 2.99. The Labute approximate surface area is 142 Å². The first kappa shape index (κ1) is 18.8. The molecule has 0 radical (unpaired) electrons. The second kappa shape index (κ2) is 8.02. The van der Waals surface area contributed by atoms with Gasteiger partial charge in [0.2, 0.25) is 0 Å². The lowest BCUT2D eigenvalue weighted by molar-refractivity contribution is -0.174. The Kier molecular flexibility index (Phi) is 6.02. The van der Waals surface area contributed by atoms with E-state index in [2.05, 4.69) is 15.2 Å². The number of hydrogen-bond donors (Lipinski definition) is 1. The van der Waals surface area contributed by atoms with Gasteiger partial charge in [0, 0.05) is 6.04 Å². The number of methoxy groups -OCH3 is 1. The minimum Gasteiger partial charge on any atom is -0.493 e. The van der Waals surface area contributed by atoms with Gasteiger partial charge in [-0.3, -0.25) is 4.79 Å². The summed E-state index contributed by atoms with van der Waals surface area (Å²) >= 11 is 0. The van der Waals surface area contributed by atoms with E-state index in [1.54, 1.807) is 6.20 Å². The van der Waals surface area contributed by atoms with Crippen LogP contribution in [0.1, 0.15) is 17.4 Å². The number of ether oxygens (including phenoxy) is 2. The SMILES string of the molecule is COc1cn(-c2ccccc2)nc1C(=O)NC(C)COCC(F)(F)F. The lowest BCUT2D eigenvalue weighted by Crippen LogP contribution is -2.37. The predicted octanol–water partition coefficient (Wildman–Crippen LogP) is 2.58. The van der Waals surface area contributed by atoms with Crippen LogP contribution >= 0.6 is 0 Å². The number of para-hydroxylation sites is 1. The molecule has 136 valence electrons. The van der Waals surface area contributed by atoms with Gasteiger partial charge in [0.15, 0.2) is 11.4 Å². The minimum atomic E-state index is -4.40. The van der Waals surface area contributed by atoms with Crippen LogP contribution in [0.4, 0.5) is 13.2 Å². The molecular weight excluding hydrogens is 339 g/mol. The zero-order valence-corrected chi connectivity index (χ0v) is 13.7. The van der Waals surface area contributed by atoms with Crippen molar-refractivity contribution in [2.75, 3.05) is 20.3 Å². The van der Waals surface area contributed by atoms with Gasteiger partial charge in [0.1, 0.15) is 6.61 Å². The van der Waals surface area contributed by atoms with Gasteiger partial charge in [-0.15, -0.1) is 0 Å². The monoisotopic (exact) mass is 357 g/mol. The molecule has 1 amide bonds. The summed E-state index contributed by atoms with van der Waals surface area (Å²) in [5.74, 6) is -0.306. The van der Waals surface area contributed by atoms with Crippen molar-refractivity contribution in [3.63, 3.8) is 0 Å². The molecular formula is C16H18F3N3O3. The summed E-state index contributed by atoms with van der Waals surface area (Å²) in [5, 5.41) is 6.72. The molecule has 2 aromatic rings. The van der Waals surface area contributed by atoms with Crippen molar-refractivity contribution in [2.24, 2.45) is 0 Å². The number of carbonyl (C=O) groups is 1. The maximum Gasteiger partial charge on any atom is 0.411 e. The van der Waals surface area contributed by atoms with Gasteiger partial charge in [0.05, 0.1) is 25.6 Å². The molecule has 2 rings (SSSR count). The van der Waals surface area contributed by atoms with Crippen LogP contribution in [0.5, 0.6) is 5.75 Å². The van der Waals surface area contributed by atoms with Crippen LogP contribution < -0.4 is 10.1 Å². The number of hydrogen-bond acceptors (Lipinski definition) is 4. The molecule has 1 heterocycles. The fourth-order valence-corrected chi connectivity index (χ4v) is 2.06. The molecule has 0 saturated heterocycles. The van der Waals surface area contributed by atoms with Gasteiger partial charge >= 0.3 is 6.18 Å². The third kappa shape index (κ3) is 5.49. The second-order valence-corrected chi connectivity index (χ2v) is 5.33. The molecule has 6 nitrogen and oxygen atoms in total. The van der Waals surface area contributed by atoms with E-state index in [1.165, 1.54) is 18.7 Å². The lowest BCUT2D eigenvalue weighted by Gasteiger charge is -2.14. The van der Waals surface area contributed by atoms with E-state index in [9.17, 15) is 18.0 Å². The van der Waals surface area contributed by atoms with Gasteiger partial charge in [-0.05, 0) is 19.1 Å². The summed E-state index contributed by atoms with van der Waals surface area (Å²) in [4.78, 5) is 12.3. The fraction of sp³-hybridized carbons (Fsp3) is 0.375. The Morgan fingerprint density at radius 2 is 2.00 bits per heavy atom. The summed E-state index contributed by atoms with van der Waals surface area (Å²) in [7, 11) is 1.40. The van der Waals surface area contributed by atoms with E-state index in [0.29, 0.717) is 0 Å². The van der Waals surface area contributed by atoms with E-state index in [1.807, 2.05) is 30.3 Å². The number of aromatic nitrogens is 2. The van der Waals surface area contributed by atoms with Crippen LogP contribution in [0.25, 0.3) is 5.69 Å². The molecule has 0 aliphatic carbocycles. The zero-order valence-electron chi connectivity index (χ0n) is 13.7. The summed E-state index contributed by atoms with van der Waals surface area (Å²) in [6.45, 7) is -0.0962. The molecule has 1 aromatic carbocycles. The molecule has 0 fully saturated rings. The molecule has 9 heteroatoms. The molecule has 1 aromatic heterocycles. The summed E-state index contributed by atoms with van der Waals surface area (Å²) < 4.78 is 47.3. The Balaban J connectivity index is 2.02. The molecule has 0 aliphatic rings. The number of nitrogens with one attached hydrogen (secondary N) is 1. The normalized spacial score (nSPS) is 12.7. The van der Waals surface area contributed by atoms with Crippen LogP contribution in [0.15, 0.2) is 36.5 Å². The van der Waals surface area contributed by atoms with Crippen molar-refractivity contribution in [3.05, 3.63) is 42.2 Å². The van der Waals surface area contributed by atoms with Crippen LogP contribution in [0.2, 0.25) is 0 Å². The highest BCUT2D eigenvalue weighted by molar-refractivity contribution is 5.95. The fourth-order valence-electron chi connectivity index (χ4n) is 2.06. The van der Waals surface area contributed by atoms with Gasteiger partial charge in [-0.1, -0.05) is 18.2 Å². The molecule has 1 unspecified atom stereocenters. The maximum atomic E-state index is 12.3. The number of halogens is 3. The molecule has 1 atom stereocenters. The predicted molar refractivity (Wildman–Crippen MR) is 83.9 cm³/mol. The van der Waals surface area contributed by atoms with E-state index in [4.69, 9.17) is 4.74 Å². The third-order valence-corrected chi connectivity index (χ3v) is 3.15. The Morgan fingerprint density at radius 3 is 2.60 bits per heavy atom. The molecule has 1 N–H and O–H groups in total. The highest BCUT2D eigenvalue weighted by Gasteiger charge is 2.28. The van der Waals surface area contributed by atoms with E-state index < -0.39 is 24.7 Å². The highest BCUT2D eigenvalue weighted by Crippen LogP contribution is 2.19. The Morgan fingerprint density at radius 1 is 1.32 bits per heavy atom. The second-order valence-electron chi connectivity index (χ2n) is 5.33. The molecule has 25 heavy (non-hydrogen) atoms. The molecule has 0 bridgehead atoms. The Hall–Kier alpha value is -2.55. The zero-order chi connectivity index (χ0) is 18.4. The van der Waals surface area contributed by atoms with Crippen molar-refractivity contribution in [1.29, 1.82) is 0 Å². The van der Waals surface area contributed by atoms with Crippen molar-refractivity contribution < 1.29 is 27.4 Å². The van der Waals surface area contributed by atoms with Crippen molar-refractivity contribution in [1.82, 2.24) is 15.1 Å². The summed E-state index contributed by atoms with van der Waals surface area (Å²) in [5.41, 5.74) is 0.774. The van der Waals surface area contributed by atoms with E-state index in [-0.39, 0.29) is 18.1 Å². The summed E-state index contributed by atoms with van der Waals surface area (Å²) in [6.07, 6.45) is -2.85. The van der Waals surface area contributed by atoms with Gasteiger partial charge in [-0.25, -0.2) is 4.68 Å². The van der Waals surface area contributed by atoms with Crippen molar-refractivity contribution in [2.45, 2.75) is 19.1 Å². The molecule has 0 spiro atoms. The standard InChI is InChI=1S/C16H18F3N3O3/c1-11(9-25-10-16(17,18)19)20-15(23)14-13(24-2)8-22(21-14)12-6-4-3-5-7-12/h3-8,11H,9-10H2,1-2H3,(H,20,23). The molecule has 0 aliphatic heterocycles. The number of alkyl halides is 3. The first-order chi connectivity index (χ1) is 11.8. The largest absolute Gasteiger partial charge is 0.493 e. The number of carbonyl (C=O) groups excluding carboxylic acids is 1. The number of amides is 1. The maximum absolute atomic E-state index is 12.3. The number of nitrogens with zero attached hydrogens (tertiary/aromatic N) is 2. The minimum absolute atomic E-state index is 0.0361. The van der Waals surface area contributed by atoms with Gasteiger partial charge in [0.25, 0.3) is 5.91 Å². The third-order valence-electron chi connectivity index (χ3n) is 3.15. The van der Waals surface area contributed by atoms with E-state index >= 15 is 0 Å². The first-order valence-electron chi connectivity index (χ1n) is 7.44. The van der Waals surface area contributed by atoms with Crippen LogP contribution in [0, 0.1) is 0 Å². The smallest absolute Gasteiger partial charge is 0.411 e. The van der Waals surface area contributed by atoms with Crippen LogP contribution in [-0.4, -0.2) is 48.2 Å². The van der Waals surface area contributed by atoms with Crippen molar-refractivity contribution in [3.8, 4) is 11.4 Å². The van der Waals surface area contributed by atoms with Crippen LogP contribution in [0.3, 0.4) is 0 Å². The Bertz CT molecular complexity index is 702. The lowest BCUT2D eigenvalue weighted by atomic mass is 10.3. The quantitative estimate of drug-likeness (QED) is 0.827. The van der Waals surface area contributed by atoms with Crippen molar-refractivity contribution >= 4 is 5.91 Å². The van der Waals surface area contributed by atoms with E-state index in [0.717, 1.165) is 5.69 Å². The van der Waals surface area contributed by atoms with Gasteiger partial charge in [-0.2, -0.15) is 18.3 Å². The number of benzene rings is 1.